The molecule has 31 heavy (non-hydrogen) atoms. The van der Waals surface area contributed by atoms with E-state index in [0.717, 1.165) is 50.6 Å². The van der Waals surface area contributed by atoms with E-state index in [2.05, 4.69) is 0 Å². The number of Topliss-reactive ketones (excluding diaryl/α,β-unsaturated/α-hetero) is 1. The summed E-state index contributed by atoms with van der Waals surface area (Å²) in [6, 6.07) is 19.7. The van der Waals surface area contributed by atoms with Crippen LogP contribution in [0.25, 0.3) is 0 Å². The van der Waals surface area contributed by atoms with Crippen LogP contribution in [0.4, 0.5) is 11.4 Å². The molecule has 0 amide bonds. The Labute approximate surface area is 183 Å². The Hall–Kier alpha value is -3.48. The van der Waals surface area contributed by atoms with Crippen molar-refractivity contribution >= 4 is 30.9 Å². The van der Waals surface area contributed by atoms with Gasteiger partial charge in [-0.05, 0) is 24.3 Å². The van der Waals surface area contributed by atoms with Gasteiger partial charge >= 0.3 is 0 Å². The van der Waals surface area contributed by atoms with Gasteiger partial charge in [-0.15, -0.1) is 0 Å². The number of carbonyl (C=O) groups excluding carboxylic acids is 2. The highest BCUT2D eigenvalue weighted by Crippen LogP contribution is 2.33. The van der Waals surface area contributed by atoms with E-state index in [9.17, 15) is 9.59 Å². The number of nitrogens with zero attached hydrogens (tertiary/aromatic N) is 4. The van der Waals surface area contributed by atoms with Crippen LogP contribution in [0, 0.1) is 0 Å². The van der Waals surface area contributed by atoms with E-state index < -0.39 is 0 Å². The lowest BCUT2D eigenvalue weighted by atomic mass is 10.0. The van der Waals surface area contributed by atoms with E-state index in [4.69, 9.17) is 7.98 Å². The Morgan fingerprint density at radius 2 is 1.10 bits per heavy atom. The molecule has 0 bridgehead atoms. The van der Waals surface area contributed by atoms with Crippen LogP contribution in [0.3, 0.4) is 0 Å². The lowest BCUT2D eigenvalue weighted by molar-refractivity contribution is -0.117. The normalized spacial score (nSPS) is 19.0. The fourth-order valence-electron chi connectivity index (χ4n) is 3.60. The molecule has 3 aliphatic heterocycles. The summed E-state index contributed by atoms with van der Waals surface area (Å²) < 4.78 is 0. The molecule has 154 valence electrons. The van der Waals surface area contributed by atoms with Crippen LogP contribution in [-0.4, -0.2) is 73.5 Å². The third-order valence-corrected chi connectivity index (χ3v) is 5.56. The molecule has 4 aliphatic rings. The van der Waals surface area contributed by atoms with Gasteiger partial charge in [-0.1, -0.05) is 36.4 Å². The Morgan fingerprint density at radius 1 is 0.645 bits per heavy atom. The smallest absolute Gasteiger partial charge is 0.234 e. The van der Waals surface area contributed by atoms with E-state index in [1.165, 1.54) is 6.08 Å². The molecular weight excluding hydrogens is 387 g/mol. The minimum absolute atomic E-state index is 0.00546. The molecule has 0 N–H and O–H groups in total. The minimum atomic E-state index is 0.00546. The molecule has 6 nitrogen and oxygen atoms in total. The number of para-hydroxylation sites is 2. The third-order valence-electron chi connectivity index (χ3n) is 5.56. The van der Waals surface area contributed by atoms with Crippen molar-refractivity contribution in [2.45, 2.75) is 0 Å². The van der Waals surface area contributed by atoms with Crippen LogP contribution >= 0.6 is 0 Å². The van der Waals surface area contributed by atoms with Crippen molar-refractivity contribution in [1.29, 1.82) is 0 Å². The fourth-order valence-corrected chi connectivity index (χ4v) is 3.60. The number of hydrogen-bond donors (Lipinski definition) is 0. The zero-order chi connectivity index (χ0) is 21.4. The van der Waals surface area contributed by atoms with Gasteiger partial charge in [0.25, 0.3) is 0 Å². The van der Waals surface area contributed by atoms with Crippen LogP contribution < -0.4 is 4.81 Å². The Bertz CT molecular complexity index is 1020. The van der Waals surface area contributed by atoms with Crippen molar-refractivity contribution < 1.29 is 9.59 Å². The molecule has 0 aromatic heterocycles. The second kappa shape index (κ2) is 7.98. The first-order valence-corrected chi connectivity index (χ1v) is 10.6. The van der Waals surface area contributed by atoms with Gasteiger partial charge in [0.15, 0.2) is 0 Å². The second-order valence-corrected chi connectivity index (χ2v) is 7.92. The van der Waals surface area contributed by atoms with E-state index in [-0.39, 0.29) is 11.6 Å². The molecule has 7 heteroatoms. The number of hydrogen-bond acceptors (Lipinski definition) is 6. The largest absolute Gasteiger partial charge is 0.398 e. The van der Waals surface area contributed by atoms with E-state index in [1.54, 1.807) is 4.81 Å². The van der Waals surface area contributed by atoms with Gasteiger partial charge in [-0.25, -0.2) is 0 Å². The van der Waals surface area contributed by atoms with Crippen LogP contribution in [0.2, 0.25) is 0 Å². The maximum atomic E-state index is 12.4. The van der Waals surface area contributed by atoms with Gasteiger partial charge < -0.3 is 19.5 Å². The van der Waals surface area contributed by atoms with Crippen molar-refractivity contribution in [3.8, 4) is 0 Å². The van der Waals surface area contributed by atoms with Gasteiger partial charge in [0.1, 0.15) is 11.4 Å². The molecule has 3 heterocycles. The van der Waals surface area contributed by atoms with Gasteiger partial charge in [0, 0.05) is 56.7 Å². The quantitative estimate of drug-likeness (QED) is 0.428. The van der Waals surface area contributed by atoms with Crippen LogP contribution in [0.5, 0.6) is 0 Å². The summed E-state index contributed by atoms with van der Waals surface area (Å²) in [5, 5.41) is 0. The van der Waals surface area contributed by atoms with Crippen LogP contribution in [0.15, 0.2) is 83.8 Å². The average Bonchev–Trinajstić information content (AvgIpc) is 3.66. The fraction of sp³-hybridized carbons (Fsp3) is 0.250. The number of anilines is 2. The first-order chi connectivity index (χ1) is 15.1. The van der Waals surface area contributed by atoms with Crippen LogP contribution in [0.1, 0.15) is 0 Å². The molecule has 0 saturated carbocycles. The number of rotatable bonds is 5. The Morgan fingerprint density at radius 3 is 1.55 bits per heavy atom. The maximum absolute atomic E-state index is 12.4. The molecule has 1 aliphatic carbocycles. The molecule has 0 spiro atoms. The number of carbonyl (C=O) groups is 2. The third kappa shape index (κ3) is 4.21. The van der Waals surface area contributed by atoms with Crippen molar-refractivity contribution in [3.05, 3.63) is 83.8 Å². The molecular formula is C24H23BN4O2. The maximum Gasteiger partial charge on any atom is 0.234 e. The molecule has 2 radical (unpaired) electrons. The van der Waals surface area contributed by atoms with Crippen molar-refractivity contribution in [2.24, 2.45) is 0 Å². The zero-order valence-corrected chi connectivity index (χ0v) is 17.3. The molecule has 2 aromatic rings. The van der Waals surface area contributed by atoms with Gasteiger partial charge in [0.05, 0.1) is 5.70 Å². The van der Waals surface area contributed by atoms with E-state index in [0.29, 0.717) is 17.1 Å². The van der Waals surface area contributed by atoms with E-state index >= 15 is 0 Å². The topological polar surface area (TPSA) is 46.4 Å². The average molecular weight is 410 g/mol. The first-order valence-electron chi connectivity index (χ1n) is 10.6. The van der Waals surface area contributed by atoms with Crippen molar-refractivity contribution in [2.75, 3.05) is 44.1 Å². The van der Waals surface area contributed by atoms with Gasteiger partial charge in [-0.2, -0.15) is 0 Å². The van der Waals surface area contributed by atoms with Crippen molar-refractivity contribution in [1.82, 2.24) is 14.7 Å². The first kappa shape index (κ1) is 19.5. The number of ketones is 2. The van der Waals surface area contributed by atoms with E-state index in [1.807, 2.05) is 75.4 Å². The molecule has 6 rings (SSSR count). The highest BCUT2D eigenvalue weighted by molar-refractivity contribution is 6.22. The molecule has 3 saturated heterocycles. The van der Waals surface area contributed by atoms with Crippen molar-refractivity contribution in [3.63, 3.8) is 0 Å². The summed E-state index contributed by atoms with van der Waals surface area (Å²) in [5.41, 5.74) is 3.86. The van der Waals surface area contributed by atoms with Crippen LogP contribution in [-0.2, 0) is 9.59 Å². The highest BCUT2D eigenvalue weighted by atomic mass is 16.1. The minimum Gasteiger partial charge on any atom is -0.398 e. The number of benzene rings is 2. The molecule has 0 unspecified atom stereocenters. The summed E-state index contributed by atoms with van der Waals surface area (Å²) in [6.07, 6.45) is 1.52. The summed E-state index contributed by atoms with van der Waals surface area (Å²) in [4.78, 5) is 32.1. The number of allylic oxidation sites excluding steroid dienone is 1. The Balaban J connectivity index is 0.000000135. The predicted molar refractivity (Wildman–Crippen MR) is 121 cm³/mol. The summed E-state index contributed by atoms with van der Waals surface area (Å²) in [5.74, 6) is 0.0485. The lowest BCUT2D eigenvalue weighted by Gasteiger charge is -2.21. The SMILES string of the molecule is O=C1C=C(N2CC2)C(=O)C(N2CC2)=C1N1CC1.[B]N(c1ccccc1)c1ccccc1. The molecule has 3 fully saturated rings. The molecule has 0 atom stereocenters. The van der Waals surface area contributed by atoms with Gasteiger partial charge in [0.2, 0.25) is 19.5 Å². The summed E-state index contributed by atoms with van der Waals surface area (Å²) in [7, 11) is 5.95. The summed E-state index contributed by atoms with van der Waals surface area (Å²) >= 11 is 0. The lowest BCUT2D eigenvalue weighted by Crippen LogP contribution is -2.29. The monoisotopic (exact) mass is 410 g/mol. The second-order valence-electron chi connectivity index (χ2n) is 7.92. The predicted octanol–water partition coefficient (Wildman–Crippen LogP) is 2.09. The van der Waals surface area contributed by atoms with Gasteiger partial charge in [-0.3, -0.25) is 9.59 Å². The molecule has 2 aromatic carbocycles. The Kier molecular flexibility index (Phi) is 5.02. The summed E-state index contributed by atoms with van der Waals surface area (Å²) in [6.45, 7) is 5.41. The highest BCUT2D eigenvalue weighted by Gasteiger charge is 2.43. The zero-order valence-electron chi connectivity index (χ0n) is 17.3. The standard InChI is InChI=1S/C12H10BN.C12H13N3O2/c13-14(11-7-3-1-4-8-11)12-9-5-2-6-10-12;16-9-7-8(13-1-2-13)12(17)11(15-5-6-15)10(9)14-3-4-14/h1-10H;7H,1-6H2.